The van der Waals surface area contributed by atoms with Crippen molar-refractivity contribution in [3.8, 4) is 0 Å². The third-order valence-corrected chi connectivity index (χ3v) is 5.40. The number of pyridine rings is 1. The summed E-state index contributed by atoms with van der Waals surface area (Å²) in [4.78, 5) is 4.02. The van der Waals surface area contributed by atoms with Gasteiger partial charge in [-0.2, -0.15) is 0 Å². The largest absolute Gasteiger partial charge is 0.307 e. The van der Waals surface area contributed by atoms with Crippen LogP contribution in [0.1, 0.15) is 32.1 Å². The Bertz CT molecular complexity index is 559. The van der Waals surface area contributed by atoms with E-state index in [1.165, 1.54) is 31.5 Å². The highest BCUT2D eigenvalue weighted by molar-refractivity contribution is 9.10. The molecule has 112 valence electrons. The van der Waals surface area contributed by atoms with Gasteiger partial charge in [0.05, 0.1) is 0 Å². The maximum Gasteiger partial charge on any atom is 0.244 e. The van der Waals surface area contributed by atoms with E-state index in [4.69, 9.17) is 5.84 Å². The number of hydrogen-bond acceptors (Lipinski definition) is 5. The fourth-order valence-electron chi connectivity index (χ4n) is 2.43. The van der Waals surface area contributed by atoms with E-state index in [1.54, 1.807) is 0 Å². The predicted octanol–water partition coefficient (Wildman–Crippen LogP) is 1.99. The molecule has 4 N–H and O–H groups in total. The Morgan fingerprint density at radius 3 is 2.70 bits per heavy atom. The maximum absolute atomic E-state index is 12.3. The van der Waals surface area contributed by atoms with Crippen LogP contribution in [0.4, 0.5) is 5.82 Å². The van der Waals surface area contributed by atoms with E-state index in [9.17, 15) is 8.42 Å². The highest BCUT2D eigenvalue weighted by atomic mass is 79.9. The second kappa shape index (κ2) is 6.84. The number of sulfonamides is 1. The van der Waals surface area contributed by atoms with Gasteiger partial charge in [-0.05, 0) is 40.8 Å². The predicted molar refractivity (Wildman–Crippen MR) is 81.5 cm³/mol. The van der Waals surface area contributed by atoms with Gasteiger partial charge in [-0.1, -0.05) is 19.3 Å². The van der Waals surface area contributed by atoms with Crippen molar-refractivity contribution < 1.29 is 8.42 Å². The minimum absolute atomic E-state index is 0.0604. The van der Waals surface area contributed by atoms with Gasteiger partial charge in [-0.25, -0.2) is 24.0 Å². The first-order chi connectivity index (χ1) is 9.53. The average molecular weight is 363 g/mol. The Hall–Kier alpha value is -0.700. The summed E-state index contributed by atoms with van der Waals surface area (Å²) in [5.41, 5.74) is 2.32. The minimum Gasteiger partial charge on any atom is -0.307 e. The van der Waals surface area contributed by atoms with Crippen molar-refractivity contribution in [3.05, 3.63) is 16.7 Å². The minimum atomic E-state index is -3.61. The lowest BCUT2D eigenvalue weighted by atomic mass is 9.90. The highest BCUT2D eigenvalue weighted by Crippen LogP contribution is 2.25. The van der Waals surface area contributed by atoms with E-state index in [0.717, 1.165) is 12.8 Å². The standard InChI is InChI=1S/C12H19BrN4O2S/c13-10-6-11(12(17-14)15-8-10)20(18,19)16-7-9-4-2-1-3-5-9/h6,8-9,16H,1-5,7,14H2,(H,15,17). The summed E-state index contributed by atoms with van der Waals surface area (Å²) in [7, 11) is -3.61. The number of nitrogen functional groups attached to an aromatic ring is 1. The van der Waals surface area contributed by atoms with E-state index in [2.05, 4.69) is 31.1 Å². The molecule has 6 nitrogen and oxygen atoms in total. The van der Waals surface area contributed by atoms with Crippen molar-refractivity contribution in [2.45, 2.75) is 37.0 Å². The van der Waals surface area contributed by atoms with E-state index in [1.807, 2.05) is 0 Å². The van der Waals surface area contributed by atoms with Crippen molar-refractivity contribution in [1.82, 2.24) is 9.71 Å². The molecule has 0 unspecified atom stereocenters. The van der Waals surface area contributed by atoms with E-state index >= 15 is 0 Å². The quantitative estimate of drug-likeness (QED) is 0.549. The molecule has 0 bridgehead atoms. The number of hydrazine groups is 1. The van der Waals surface area contributed by atoms with E-state index < -0.39 is 10.0 Å². The summed E-state index contributed by atoms with van der Waals surface area (Å²) in [6, 6.07) is 1.49. The molecule has 1 fully saturated rings. The van der Waals surface area contributed by atoms with Gasteiger partial charge in [0.1, 0.15) is 4.90 Å². The molecule has 1 heterocycles. The molecular weight excluding hydrogens is 344 g/mol. The van der Waals surface area contributed by atoms with Gasteiger partial charge in [0, 0.05) is 17.2 Å². The monoisotopic (exact) mass is 362 g/mol. The Kier molecular flexibility index (Phi) is 5.36. The molecule has 1 aromatic heterocycles. The normalized spacial score (nSPS) is 17.1. The fourth-order valence-corrected chi connectivity index (χ4v) is 4.17. The molecule has 0 amide bonds. The number of aromatic nitrogens is 1. The van der Waals surface area contributed by atoms with Gasteiger partial charge in [-0.3, -0.25) is 0 Å². The van der Waals surface area contributed by atoms with Gasteiger partial charge in [0.15, 0.2) is 5.82 Å². The van der Waals surface area contributed by atoms with Gasteiger partial charge < -0.3 is 5.43 Å². The van der Waals surface area contributed by atoms with Gasteiger partial charge in [-0.15, -0.1) is 0 Å². The second-order valence-corrected chi connectivity index (χ2v) is 7.65. The number of nitrogens with zero attached hydrogens (tertiary/aromatic N) is 1. The lowest BCUT2D eigenvalue weighted by Crippen LogP contribution is -2.31. The maximum atomic E-state index is 12.3. The van der Waals surface area contributed by atoms with E-state index in [0.29, 0.717) is 16.9 Å². The van der Waals surface area contributed by atoms with Crippen LogP contribution in [0.3, 0.4) is 0 Å². The van der Waals surface area contributed by atoms with Crippen LogP contribution >= 0.6 is 15.9 Å². The molecule has 1 saturated carbocycles. The Balaban J connectivity index is 2.11. The third kappa shape index (κ3) is 3.91. The first-order valence-electron chi connectivity index (χ1n) is 6.65. The zero-order chi connectivity index (χ0) is 14.6. The Morgan fingerprint density at radius 2 is 2.05 bits per heavy atom. The summed E-state index contributed by atoms with van der Waals surface area (Å²) in [5.74, 6) is 5.88. The summed E-state index contributed by atoms with van der Waals surface area (Å²) >= 11 is 3.22. The summed E-state index contributed by atoms with van der Waals surface area (Å²) in [6.07, 6.45) is 7.28. The van der Waals surface area contributed by atoms with Crippen LogP contribution in [0.2, 0.25) is 0 Å². The molecule has 1 aromatic rings. The van der Waals surface area contributed by atoms with Gasteiger partial charge in [0.25, 0.3) is 0 Å². The van der Waals surface area contributed by atoms with Crippen molar-refractivity contribution in [3.63, 3.8) is 0 Å². The Labute approximate surface area is 127 Å². The molecule has 20 heavy (non-hydrogen) atoms. The van der Waals surface area contributed by atoms with Crippen molar-refractivity contribution in [2.24, 2.45) is 11.8 Å². The zero-order valence-corrected chi connectivity index (χ0v) is 13.5. The van der Waals surface area contributed by atoms with Gasteiger partial charge >= 0.3 is 0 Å². The topological polar surface area (TPSA) is 97.1 Å². The first kappa shape index (κ1) is 15.7. The van der Waals surface area contributed by atoms with Crippen LogP contribution in [-0.4, -0.2) is 19.9 Å². The first-order valence-corrected chi connectivity index (χ1v) is 8.92. The van der Waals surface area contributed by atoms with Crippen LogP contribution in [0.15, 0.2) is 21.6 Å². The molecule has 8 heteroatoms. The molecule has 1 aliphatic rings. The van der Waals surface area contributed by atoms with Crippen molar-refractivity contribution >= 4 is 31.8 Å². The second-order valence-electron chi connectivity index (χ2n) is 5.00. The molecule has 0 saturated heterocycles. The molecule has 0 radical (unpaired) electrons. The number of nitrogens with two attached hydrogens (primary N) is 1. The van der Waals surface area contributed by atoms with Crippen LogP contribution < -0.4 is 16.0 Å². The molecular formula is C12H19BrN4O2S. The van der Waals surface area contributed by atoms with Gasteiger partial charge in [0.2, 0.25) is 10.0 Å². The third-order valence-electron chi connectivity index (χ3n) is 3.53. The highest BCUT2D eigenvalue weighted by Gasteiger charge is 2.22. The smallest absolute Gasteiger partial charge is 0.244 e. The molecule has 0 spiro atoms. The van der Waals surface area contributed by atoms with Crippen LogP contribution in [0.5, 0.6) is 0 Å². The summed E-state index contributed by atoms with van der Waals surface area (Å²) in [6.45, 7) is 0.471. The number of anilines is 1. The lowest BCUT2D eigenvalue weighted by molar-refractivity contribution is 0.357. The lowest BCUT2D eigenvalue weighted by Gasteiger charge is -2.22. The van der Waals surface area contributed by atoms with Crippen LogP contribution in [-0.2, 0) is 10.0 Å². The molecule has 0 aromatic carbocycles. The Morgan fingerprint density at radius 1 is 1.35 bits per heavy atom. The van der Waals surface area contributed by atoms with Crippen LogP contribution in [0, 0.1) is 5.92 Å². The number of rotatable bonds is 5. The van der Waals surface area contributed by atoms with E-state index in [-0.39, 0.29) is 10.7 Å². The molecule has 0 atom stereocenters. The fraction of sp³-hybridized carbons (Fsp3) is 0.583. The van der Waals surface area contributed by atoms with Crippen LogP contribution in [0.25, 0.3) is 0 Å². The molecule has 2 rings (SSSR count). The zero-order valence-electron chi connectivity index (χ0n) is 11.1. The number of nitrogens with one attached hydrogen (secondary N) is 2. The van der Waals surface area contributed by atoms with Crippen molar-refractivity contribution in [2.75, 3.05) is 12.0 Å². The summed E-state index contributed by atoms with van der Waals surface area (Å²) in [5, 5.41) is 0. The average Bonchev–Trinajstić information content (AvgIpc) is 2.46. The number of halogens is 1. The number of hydrogen-bond donors (Lipinski definition) is 3. The molecule has 0 aliphatic heterocycles. The molecule has 1 aliphatic carbocycles. The SMILES string of the molecule is NNc1ncc(Br)cc1S(=O)(=O)NCC1CCCCC1. The summed E-state index contributed by atoms with van der Waals surface area (Å²) < 4.78 is 27.9. The van der Waals surface area contributed by atoms with Crippen molar-refractivity contribution in [1.29, 1.82) is 0 Å².